The van der Waals surface area contributed by atoms with Crippen molar-refractivity contribution in [3.8, 4) is 0 Å². The average Bonchev–Trinajstić information content (AvgIpc) is 2.95. The van der Waals surface area contributed by atoms with Gasteiger partial charge < -0.3 is 9.05 Å². The summed E-state index contributed by atoms with van der Waals surface area (Å²) in [7, 11) is -1.90. The predicted molar refractivity (Wildman–Crippen MR) is 158 cm³/mol. The highest BCUT2D eigenvalue weighted by molar-refractivity contribution is 7.68. The Labute approximate surface area is 218 Å². The number of rotatable bonds is 12. The van der Waals surface area contributed by atoms with E-state index in [0.29, 0.717) is 0 Å². The van der Waals surface area contributed by atoms with Crippen LogP contribution in [0.15, 0.2) is 134 Å². The Bertz CT molecular complexity index is 1000. The highest BCUT2D eigenvalue weighted by Gasteiger charge is 2.30. The Hall–Kier alpha value is -2.60. The van der Waals surface area contributed by atoms with Crippen molar-refractivity contribution in [2.75, 3.05) is 0 Å². The van der Waals surface area contributed by atoms with Crippen molar-refractivity contribution in [3.63, 3.8) is 0 Å². The maximum atomic E-state index is 6.90. The van der Waals surface area contributed by atoms with Crippen LogP contribution in [0.25, 0.3) is 0 Å². The third-order valence-corrected chi connectivity index (χ3v) is 10.3. The van der Waals surface area contributed by atoms with E-state index >= 15 is 0 Å². The van der Waals surface area contributed by atoms with E-state index in [2.05, 4.69) is 142 Å². The van der Waals surface area contributed by atoms with Crippen LogP contribution in [0.1, 0.15) is 20.3 Å². The molecule has 0 saturated carbocycles. The first-order valence-electron chi connectivity index (χ1n) is 12.4. The topological polar surface area (TPSA) is 18.5 Å². The Morgan fingerprint density at radius 1 is 0.556 bits per heavy atom. The molecule has 0 aromatic heterocycles. The zero-order chi connectivity index (χ0) is 25.2. The zero-order valence-corrected chi connectivity index (χ0v) is 22.8. The molecule has 0 aliphatic rings. The minimum absolute atomic E-state index is 0.0204. The van der Waals surface area contributed by atoms with Gasteiger partial charge in [0.15, 0.2) is 0 Å². The van der Waals surface area contributed by atoms with Crippen LogP contribution in [-0.2, 0) is 9.05 Å². The molecular formula is C32H34O2P2. The van der Waals surface area contributed by atoms with E-state index in [0.717, 1.165) is 6.42 Å². The standard InChI is InChI=1S/C32H34O2P2/c1-4-17-32(26(2)33-35(28-18-9-5-10-19-28)29-20-11-6-12-21-29)27(3)34-36(30-22-13-7-14-23-30)31-24-15-8-16-25-31/h4-16,18-27,32H,1,17H2,2-3H3. The minimum atomic E-state index is -0.951. The summed E-state index contributed by atoms with van der Waals surface area (Å²) in [5, 5.41) is 4.86. The maximum Gasteiger partial charge on any atom is 0.0921 e. The van der Waals surface area contributed by atoms with Crippen LogP contribution in [0.2, 0.25) is 0 Å². The Morgan fingerprint density at radius 2 is 0.833 bits per heavy atom. The zero-order valence-electron chi connectivity index (χ0n) is 21.0. The van der Waals surface area contributed by atoms with Crippen LogP contribution in [0, 0.1) is 5.92 Å². The van der Waals surface area contributed by atoms with Gasteiger partial charge in [-0.2, -0.15) is 0 Å². The molecule has 0 spiro atoms. The summed E-state index contributed by atoms with van der Waals surface area (Å²) in [5.74, 6) is 0.164. The van der Waals surface area contributed by atoms with E-state index in [4.69, 9.17) is 9.05 Å². The summed E-state index contributed by atoms with van der Waals surface area (Å²) in [5.41, 5.74) is 0. The molecule has 0 amide bonds. The fourth-order valence-electron chi connectivity index (χ4n) is 4.24. The van der Waals surface area contributed by atoms with Crippen molar-refractivity contribution in [3.05, 3.63) is 134 Å². The highest BCUT2D eigenvalue weighted by atomic mass is 31.1. The van der Waals surface area contributed by atoms with Crippen LogP contribution in [0.4, 0.5) is 0 Å². The molecule has 4 rings (SSSR count). The predicted octanol–water partition coefficient (Wildman–Crippen LogP) is 7.08. The molecule has 4 heteroatoms. The van der Waals surface area contributed by atoms with Crippen molar-refractivity contribution in [1.82, 2.24) is 0 Å². The quantitative estimate of drug-likeness (QED) is 0.149. The second-order valence-corrected chi connectivity index (χ2v) is 12.4. The Morgan fingerprint density at radius 3 is 1.08 bits per heavy atom. The van der Waals surface area contributed by atoms with Gasteiger partial charge in [-0.05, 0) is 20.3 Å². The average molecular weight is 513 g/mol. The van der Waals surface area contributed by atoms with E-state index in [1.165, 1.54) is 21.2 Å². The van der Waals surface area contributed by atoms with Gasteiger partial charge in [0.05, 0.1) is 28.5 Å². The van der Waals surface area contributed by atoms with Gasteiger partial charge in [-0.15, -0.1) is 6.58 Å². The van der Waals surface area contributed by atoms with Crippen LogP contribution < -0.4 is 21.2 Å². The Kier molecular flexibility index (Phi) is 10.0. The molecule has 184 valence electrons. The summed E-state index contributed by atoms with van der Waals surface area (Å²) in [4.78, 5) is 0. The van der Waals surface area contributed by atoms with Crippen molar-refractivity contribution in [2.24, 2.45) is 5.92 Å². The molecule has 0 fully saturated rings. The maximum absolute atomic E-state index is 6.90. The molecule has 36 heavy (non-hydrogen) atoms. The van der Waals surface area contributed by atoms with E-state index in [9.17, 15) is 0 Å². The van der Waals surface area contributed by atoms with Crippen LogP contribution in [0.5, 0.6) is 0 Å². The molecule has 0 aliphatic heterocycles. The van der Waals surface area contributed by atoms with Gasteiger partial charge in [0.25, 0.3) is 0 Å². The fourth-order valence-corrected chi connectivity index (χ4v) is 8.07. The van der Waals surface area contributed by atoms with Crippen LogP contribution >= 0.6 is 16.3 Å². The fraction of sp³-hybridized carbons (Fsp3) is 0.188. The SMILES string of the molecule is C=CCC(C(C)OP(c1ccccc1)c1ccccc1)C(C)OP(c1ccccc1)c1ccccc1. The first-order chi connectivity index (χ1) is 17.7. The van der Waals surface area contributed by atoms with Gasteiger partial charge >= 0.3 is 0 Å². The largest absolute Gasteiger partial charge is 0.346 e. The van der Waals surface area contributed by atoms with Gasteiger partial charge in [-0.1, -0.05) is 127 Å². The van der Waals surface area contributed by atoms with Crippen molar-refractivity contribution < 1.29 is 9.05 Å². The second kappa shape index (κ2) is 13.6. The number of hydrogen-bond donors (Lipinski definition) is 0. The lowest BCUT2D eigenvalue weighted by Crippen LogP contribution is -2.33. The van der Waals surface area contributed by atoms with Crippen molar-refractivity contribution >= 4 is 37.5 Å². The summed E-state index contributed by atoms with van der Waals surface area (Å²) in [6, 6.07) is 42.2. The van der Waals surface area contributed by atoms with Gasteiger partial charge in [0, 0.05) is 27.1 Å². The molecule has 4 aromatic carbocycles. The lowest BCUT2D eigenvalue weighted by molar-refractivity contribution is 0.0790. The first kappa shape index (κ1) is 26.5. The molecule has 0 radical (unpaired) electrons. The smallest absolute Gasteiger partial charge is 0.0921 e. The Balaban J connectivity index is 1.58. The van der Waals surface area contributed by atoms with E-state index < -0.39 is 16.3 Å². The van der Waals surface area contributed by atoms with Gasteiger partial charge in [-0.25, -0.2) is 0 Å². The van der Waals surface area contributed by atoms with Crippen molar-refractivity contribution in [1.29, 1.82) is 0 Å². The molecule has 2 unspecified atom stereocenters. The highest BCUT2D eigenvalue weighted by Crippen LogP contribution is 2.42. The number of allylic oxidation sites excluding steroid dienone is 1. The lowest BCUT2D eigenvalue weighted by atomic mass is 9.94. The monoisotopic (exact) mass is 512 g/mol. The molecule has 0 saturated heterocycles. The first-order valence-corrected chi connectivity index (χ1v) is 14.9. The molecule has 0 heterocycles. The molecule has 2 atom stereocenters. The molecule has 0 aliphatic carbocycles. The minimum Gasteiger partial charge on any atom is -0.346 e. The third-order valence-electron chi connectivity index (χ3n) is 6.15. The van der Waals surface area contributed by atoms with Gasteiger partial charge in [0.2, 0.25) is 0 Å². The second-order valence-electron chi connectivity index (χ2n) is 8.74. The molecule has 2 nitrogen and oxygen atoms in total. The third kappa shape index (κ3) is 7.00. The van der Waals surface area contributed by atoms with E-state index in [-0.39, 0.29) is 18.1 Å². The summed E-state index contributed by atoms with van der Waals surface area (Å²) < 4.78 is 13.8. The normalized spacial score (nSPS) is 13.9. The molecular weight excluding hydrogens is 478 g/mol. The van der Waals surface area contributed by atoms with E-state index in [1.807, 2.05) is 6.08 Å². The van der Waals surface area contributed by atoms with Gasteiger partial charge in [-0.3, -0.25) is 0 Å². The van der Waals surface area contributed by atoms with Gasteiger partial charge in [0.1, 0.15) is 0 Å². The summed E-state index contributed by atoms with van der Waals surface area (Å²) in [6.07, 6.45) is 2.77. The number of hydrogen-bond acceptors (Lipinski definition) is 2. The molecule has 0 N–H and O–H groups in total. The van der Waals surface area contributed by atoms with Crippen molar-refractivity contribution in [2.45, 2.75) is 32.5 Å². The lowest BCUT2D eigenvalue weighted by Gasteiger charge is -2.34. The van der Waals surface area contributed by atoms with E-state index in [1.54, 1.807) is 0 Å². The van der Waals surface area contributed by atoms with Crippen LogP contribution in [-0.4, -0.2) is 12.2 Å². The number of benzene rings is 4. The molecule has 0 bridgehead atoms. The summed E-state index contributed by atoms with van der Waals surface area (Å²) in [6.45, 7) is 8.42. The molecule has 4 aromatic rings. The van der Waals surface area contributed by atoms with Crippen LogP contribution in [0.3, 0.4) is 0 Å². The summed E-state index contributed by atoms with van der Waals surface area (Å²) >= 11 is 0.